The normalized spacial score (nSPS) is 11.0. The van der Waals surface area contributed by atoms with Gasteiger partial charge in [0.05, 0.1) is 17.8 Å². The van der Waals surface area contributed by atoms with E-state index < -0.39 is 10.0 Å². The molecule has 6 nitrogen and oxygen atoms in total. The SMILES string of the molecule is COc1ccc(NC(C)=O)cc1NS(=O)(=O)c1cc(Cl)ccc1Cl. The predicted molar refractivity (Wildman–Crippen MR) is 94.6 cm³/mol. The molecule has 0 aliphatic rings. The highest BCUT2D eigenvalue weighted by Gasteiger charge is 2.20. The molecule has 0 aliphatic carbocycles. The molecule has 128 valence electrons. The van der Waals surface area contributed by atoms with Crippen molar-refractivity contribution in [1.29, 1.82) is 0 Å². The largest absolute Gasteiger partial charge is 0.495 e. The molecule has 2 N–H and O–H groups in total. The van der Waals surface area contributed by atoms with E-state index in [4.69, 9.17) is 27.9 Å². The Hall–Kier alpha value is -1.96. The van der Waals surface area contributed by atoms with Crippen LogP contribution in [0.2, 0.25) is 10.0 Å². The average molecular weight is 389 g/mol. The molecule has 2 rings (SSSR count). The summed E-state index contributed by atoms with van der Waals surface area (Å²) in [6.45, 7) is 1.35. The zero-order chi connectivity index (χ0) is 17.9. The fourth-order valence-electron chi connectivity index (χ4n) is 1.95. The van der Waals surface area contributed by atoms with E-state index in [-0.39, 0.29) is 32.3 Å². The van der Waals surface area contributed by atoms with Gasteiger partial charge < -0.3 is 10.1 Å². The van der Waals surface area contributed by atoms with Crippen LogP contribution in [0.5, 0.6) is 5.75 Å². The van der Waals surface area contributed by atoms with Crippen molar-refractivity contribution >= 4 is 50.5 Å². The lowest BCUT2D eigenvalue weighted by Gasteiger charge is -2.14. The number of halogens is 2. The van der Waals surface area contributed by atoms with Gasteiger partial charge in [0.2, 0.25) is 5.91 Å². The minimum atomic E-state index is -4.00. The molecule has 24 heavy (non-hydrogen) atoms. The van der Waals surface area contributed by atoms with E-state index >= 15 is 0 Å². The van der Waals surface area contributed by atoms with Crippen LogP contribution >= 0.6 is 23.2 Å². The van der Waals surface area contributed by atoms with Gasteiger partial charge in [0.15, 0.2) is 0 Å². The predicted octanol–water partition coefficient (Wildman–Crippen LogP) is 3.76. The van der Waals surface area contributed by atoms with Crippen LogP contribution in [-0.4, -0.2) is 21.4 Å². The lowest BCUT2D eigenvalue weighted by molar-refractivity contribution is -0.114. The molecule has 0 aromatic heterocycles. The first-order valence-corrected chi connectivity index (χ1v) is 8.90. The van der Waals surface area contributed by atoms with E-state index in [1.165, 1.54) is 44.4 Å². The molecule has 2 aromatic carbocycles. The summed E-state index contributed by atoms with van der Waals surface area (Å²) < 4.78 is 32.7. The number of benzene rings is 2. The third-order valence-electron chi connectivity index (χ3n) is 2.95. The third kappa shape index (κ3) is 4.31. The zero-order valence-electron chi connectivity index (χ0n) is 12.8. The van der Waals surface area contributed by atoms with E-state index in [0.717, 1.165) is 0 Å². The van der Waals surface area contributed by atoms with Gasteiger partial charge >= 0.3 is 0 Å². The Balaban J connectivity index is 2.44. The molecule has 0 fully saturated rings. The van der Waals surface area contributed by atoms with Crippen molar-refractivity contribution in [1.82, 2.24) is 0 Å². The Morgan fingerprint density at radius 2 is 1.83 bits per heavy atom. The Kier molecular flexibility index (Phi) is 5.58. The van der Waals surface area contributed by atoms with Crippen LogP contribution in [0.25, 0.3) is 0 Å². The molecule has 0 radical (unpaired) electrons. The first kappa shape index (κ1) is 18.4. The highest BCUT2D eigenvalue weighted by molar-refractivity contribution is 7.92. The fourth-order valence-corrected chi connectivity index (χ4v) is 3.78. The quantitative estimate of drug-likeness (QED) is 0.816. The molecule has 0 bridgehead atoms. The van der Waals surface area contributed by atoms with Crippen LogP contribution in [-0.2, 0) is 14.8 Å². The molecule has 0 saturated heterocycles. The highest BCUT2D eigenvalue weighted by atomic mass is 35.5. The number of carbonyl (C=O) groups is 1. The smallest absolute Gasteiger partial charge is 0.263 e. The summed E-state index contributed by atoms with van der Waals surface area (Å²) in [6, 6.07) is 8.68. The van der Waals surface area contributed by atoms with Gasteiger partial charge in [-0.05, 0) is 36.4 Å². The van der Waals surface area contributed by atoms with E-state index in [9.17, 15) is 13.2 Å². The molecular weight excluding hydrogens is 375 g/mol. The van der Waals surface area contributed by atoms with Crippen LogP contribution in [0.3, 0.4) is 0 Å². The summed E-state index contributed by atoms with van der Waals surface area (Å²) in [6.07, 6.45) is 0. The van der Waals surface area contributed by atoms with Crippen molar-refractivity contribution in [3.05, 3.63) is 46.4 Å². The molecule has 9 heteroatoms. The van der Waals surface area contributed by atoms with Crippen LogP contribution in [0.1, 0.15) is 6.92 Å². The van der Waals surface area contributed by atoms with Gasteiger partial charge in [-0.15, -0.1) is 0 Å². The molecule has 0 heterocycles. The Morgan fingerprint density at radius 3 is 2.46 bits per heavy atom. The number of sulfonamides is 1. The van der Waals surface area contributed by atoms with E-state index in [1.807, 2.05) is 0 Å². The van der Waals surface area contributed by atoms with Crippen molar-refractivity contribution < 1.29 is 17.9 Å². The topological polar surface area (TPSA) is 84.5 Å². The summed E-state index contributed by atoms with van der Waals surface area (Å²) >= 11 is 11.8. The minimum Gasteiger partial charge on any atom is -0.495 e. The van der Waals surface area contributed by atoms with Gasteiger partial charge in [0.1, 0.15) is 10.6 Å². The number of anilines is 2. The first-order chi connectivity index (χ1) is 11.2. The molecular formula is C15H14Cl2N2O4S. The van der Waals surface area contributed by atoms with Crippen molar-refractivity contribution in [3.63, 3.8) is 0 Å². The van der Waals surface area contributed by atoms with Gasteiger partial charge in [0, 0.05) is 17.6 Å². The molecule has 1 amide bonds. The Bertz CT molecular complexity index is 885. The molecule has 0 saturated carbocycles. The first-order valence-electron chi connectivity index (χ1n) is 6.66. The molecule has 0 unspecified atom stereocenters. The molecule has 0 spiro atoms. The Labute approximate surface area is 149 Å². The van der Waals surface area contributed by atoms with Crippen molar-refractivity contribution in [2.24, 2.45) is 0 Å². The second-order valence-corrected chi connectivity index (χ2v) is 7.27. The second kappa shape index (κ2) is 7.29. The van der Waals surface area contributed by atoms with Gasteiger partial charge in [-0.25, -0.2) is 8.42 Å². The minimum absolute atomic E-state index is 0.0314. The summed E-state index contributed by atoms with van der Waals surface area (Å²) in [5, 5.41) is 2.83. The summed E-state index contributed by atoms with van der Waals surface area (Å²) in [5.41, 5.74) is 0.568. The Morgan fingerprint density at radius 1 is 1.12 bits per heavy atom. The van der Waals surface area contributed by atoms with Crippen LogP contribution in [0.4, 0.5) is 11.4 Å². The lowest BCUT2D eigenvalue weighted by atomic mass is 10.2. The van der Waals surface area contributed by atoms with Crippen LogP contribution in [0, 0.1) is 0 Å². The number of hydrogen-bond donors (Lipinski definition) is 2. The number of rotatable bonds is 5. The van der Waals surface area contributed by atoms with Crippen LogP contribution in [0.15, 0.2) is 41.3 Å². The maximum Gasteiger partial charge on any atom is 0.263 e. The average Bonchev–Trinajstić information content (AvgIpc) is 2.49. The van der Waals surface area contributed by atoms with E-state index in [0.29, 0.717) is 5.69 Å². The maximum atomic E-state index is 12.6. The number of carbonyl (C=O) groups excluding carboxylic acids is 1. The van der Waals surface area contributed by atoms with Gasteiger partial charge in [-0.2, -0.15) is 0 Å². The molecule has 2 aromatic rings. The summed E-state index contributed by atoms with van der Waals surface area (Å²) in [4.78, 5) is 11.0. The summed E-state index contributed by atoms with van der Waals surface area (Å²) in [5.74, 6) is -0.00214. The second-order valence-electron chi connectivity index (χ2n) is 4.78. The zero-order valence-corrected chi connectivity index (χ0v) is 15.1. The van der Waals surface area contributed by atoms with Crippen molar-refractivity contribution in [3.8, 4) is 5.75 Å². The van der Waals surface area contributed by atoms with Crippen molar-refractivity contribution in [2.75, 3.05) is 17.1 Å². The van der Waals surface area contributed by atoms with E-state index in [2.05, 4.69) is 10.0 Å². The number of hydrogen-bond acceptors (Lipinski definition) is 4. The number of ether oxygens (including phenoxy) is 1. The van der Waals surface area contributed by atoms with Gasteiger partial charge in [-0.1, -0.05) is 23.2 Å². The molecule has 0 aliphatic heterocycles. The van der Waals surface area contributed by atoms with Crippen LogP contribution < -0.4 is 14.8 Å². The monoisotopic (exact) mass is 388 g/mol. The number of nitrogens with one attached hydrogen (secondary N) is 2. The highest BCUT2D eigenvalue weighted by Crippen LogP contribution is 2.32. The molecule has 0 atom stereocenters. The van der Waals surface area contributed by atoms with E-state index in [1.54, 1.807) is 6.07 Å². The lowest BCUT2D eigenvalue weighted by Crippen LogP contribution is -2.15. The third-order valence-corrected chi connectivity index (χ3v) is 5.03. The van der Waals surface area contributed by atoms with Crippen molar-refractivity contribution in [2.45, 2.75) is 11.8 Å². The number of amides is 1. The van der Waals surface area contributed by atoms with Gasteiger partial charge in [-0.3, -0.25) is 9.52 Å². The number of methoxy groups -OCH3 is 1. The standard InChI is InChI=1S/C15H14Cl2N2O4S/c1-9(20)18-11-4-6-14(23-2)13(8-11)19-24(21,22)15-7-10(16)3-5-12(15)17/h3-8,19H,1-2H3,(H,18,20). The fraction of sp³-hybridized carbons (Fsp3) is 0.133. The maximum absolute atomic E-state index is 12.6. The summed E-state index contributed by atoms with van der Waals surface area (Å²) in [7, 11) is -2.60. The van der Waals surface area contributed by atoms with Gasteiger partial charge in [0.25, 0.3) is 10.0 Å².